The molecule has 3 aliphatic rings. The van der Waals surface area contributed by atoms with E-state index in [9.17, 15) is 13.0 Å². The second kappa shape index (κ2) is 6.44. The van der Waals surface area contributed by atoms with Crippen molar-refractivity contribution in [2.24, 2.45) is 0 Å². The van der Waals surface area contributed by atoms with Gasteiger partial charge in [0.2, 0.25) is 10.4 Å². The van der Waals surface area contributed by atoms with E-state index in [4.69, 9.17) is 23.7 Å². The molecule has 23 heavy (non-hydrogen) atoms. The van der Waals surface area contributed by atoms with Gasteiger partial charge in [-0.05, 0) is 27.7 Å². The molecule has 0 radical (unpaired) electrons. The first-order valence-electron chi connectivity index (χ1n) is 6.93. The molecule has 0 amide bonds. The topological polar surface area (TPSA) is 113 Å². The van der Waals surface area contributed by atoms with Gasteiger partial charge in [-0.1, -0.05) is 0 Å². The van der Waals surface area contributed by atoms with Crippen LogP contribution in [0.4, 0.5) is 0 Å². The van der Waals surface area contributed by atoms with Gasteiger partial charge >= 0.3 is 29.6 Å². The molecule has 3 fully saturated rings. The van der Waals surface area contributed by atoms with E-state index in [0.717, 1.165) is 0 Å². The third kappa shape index (κ3) is 4.45. The molecule has 0 aliphatic carbocycles. The molecule has 3 saturated heterocycles. The molecule has 11 heteroatoms. The van der Waals surface area contributed by atoms with Gasteiger partial charge in [0, 0.05) is 0 Å². The molecule has 3 heterocycles. The minimum Gasteiger partial charge on any atom is -0.726 e. The van der Waals surface area contributed by atoms with Crippen molar-refractivity contribution in [3.05, 3.63) is 0 Å². The Hall–Kier alpha value is 0.670. The summed E-state index contributed by atoms with van der Waals surface area (Å²) in [5.74, 6) is -1.78. The molecule has 0 aromatic heterocycles. The van der Waals surface area contributed by atoms with E-state index in [2.05, 4.69) is 4.18 Å². The first-order chi connectivity index (χ1) is 9.96. The van der Waals surface area contributed by atoms with Crippen molar-refractivity contribution < 1.29 is 70.4 Å². The van der Waals surface area contributed by atoms with E-state index in [1.165, 1.54) is 0 Å². The van der Waals surface area contributed by atoms with Crippen molar-refractivity contribution in [3.63, 3.8) is 0 Å². The van der Waals surface area contributed by atoms with E-state index >= 15 is 0 Å². The Morgan fingerprint density at radius 2 is 1.70 bits per heavy atom. The molecule has 9 nitrogen and oxygen atoms in total. The molecule has 0 bridgehead atoms. The Labute approximate surface area is 157 Å². The van der Waals surface area contributed by atoms with Gasteiger partial charge in [0.1, 0.15) is 24.4 Å². The zero-order valence-corrected chi connectivity index (χ0v) is 16.5. The monoisotopic (exact) mass is 362 g/mol. The molecule has 0 unspecified atom stereocenters. The summed E-state index contributed by atoms with van der Waals surface area (Å²) in [6.45, 7) is 6.94. The van der Waals surface area contributed by atoms with Crippen LogP contribution < -0.4 is 29.6 Å². The van der Waals surface area contributed by atoms with Crippen LogP contribution in [0.3, 0.4) is 0 Å². The summed E-state index contributed by atoms with van der Waals surface area (Å²) >= 11 is 0. The third-order valence-electron chi connectivity index (χ3n) is 3.65. The minimum absolute atomic E-state index is 0. The molecule has 5 atom stereocenters. The first kappa shape index (κ1) is 20.0. The molecule has 0 aromatic rings. The number of rotatable bonds is 3. The maximum Gasteiger partial charge on any atom is 1.00 e. The van der Waals surface area contributed by atoms with Gasteiger partial charge in [-0.25, -0.2) is 8.42 Å². The summed E-state index contributed by atoms with van der Waals surface area (Å²) in [6, 6.07) is 0. The predicted molar refractivity (Wildman–Crippen MR) is 68.2 cm³/mol. The summed E-state index contributed by atoms with van der Waals surface area (Å²) < 4.78 is 65.6. The van der Waals surface area contributed by atoms with Gasteiger partial charge in [-0.2, -0.15) is 0 Å². The second-order valence-corrected chi connectivity index (χ2v) is 7.41. The Kier molecular flexibility index (Phi) is 5.59. The van der Waals surface area contributed by atoms with E-state index < -0.39 is 52.7 Å². The number of fused-ring (bicyclic) bond motifs is 1. The van der Waals surface area contributed by atoms with Gasteiger partial charge in [-0.3, -0.25) is 4.18 Å². The number of ether oxygens (including phenoxy) is 5. The summed E-state index contributed by atoms with van der Waals surface area (Å²) in [5.41, 5.74) is 0. The van der Waals surface area contributed by atoms with Gasteiger partial charge < -0.3 is 28.2 Å². The molecular formula is C12H19NaO9S. The van der Waals surface area contributed by atoms with Crippen LogP contribution in [0.1, 0.15) is 27.7 Å². The standard InChI is InChI=1S/C12H20O9S.Na/c1-11(2)16-5-6(18-11)7-8(21-22(13,14)15)9-10(17-7)20-12(3,4)19-9;/h6-10H,5H2,1-4H3,(H,13,14,15);/q;+1/p-1/t6-,7-,8+,9-,10-;/m1./s1. The van der Waals surface area contributed by atoms with Crippen LogP contribution >= 0.6 is 0 Å². The molecular weight excluding hydrogens is 343 g/mol. The molecule has 0 N–H and O–H groups in total. The van der Waals surface area contributed by atoms with Crippen LogP contribution in [0.2, 0.25) is 0 Å². The van der Waals surface area contributed by atoms with Gasteiger partial charge in [0.25, 0.3) is 0 Å². The van der Waals surface area contributed by atoms with E-state index in [-0.39, 0.29) is 36.2 Å². The fourth-order valence-electron chi connectivity index (χ4n) is 2.93. The Morgan fingerprint density at radius 3 is 2.22 bits per heavy atom. The van der Waals surface area contributed by atoms with E-state index in [0.29, 0.717) is 0 Å². The fraction of sp³-hybridized carbons (Fsp3) is 1.00. The SMILES string of the molecule is CC1(C)O[C@H]2O[C@H]([C@H]3COC(C)(C)O3)[C@H](OS(=O)(=O)[O-])[C@H]2O1.[Na+]. The molecule has 128 valence electrons. The van der Waals surface area contributed by atoms with Crippen LogP contribution in [-0.2, 0) is 38.3 Å². The predicted octanol–water partition coefficient (Wildman–Crippen LogP) is -3.14. The zero-order valence-electron chi connectivity index (χ0n) is 13.7. The second-order valence-electron chi connectivity index (χ2n) is 6.41. The zero-order chi connectivity index (χ0) is 16.3. The van der Waals surface area contributed by atoms with Gasteiger partial charge in [0.15, 0.2) is 17.9 Å². The fourth-order valence-corrected chi connectivity index (χ4v) is 3.42. The Morgan fingerprint density at radius 1 is 1.04 bits per heavy atom. The molecule has 3 aliphatic heterocycles. The third-order valence-corrected chi connectivity index (χ3v) is 4.11. The summed E-state index contributed by atoms with van der Waals surface area (Å²) in [7, 11) is -4.94. The smallest absolute Gasteiger partial charge is 0.726 e. The average molecular weight is 362 g/mol. The Balaban J connectivity index is 0.00000192. The van der Waals surface area contributed by atoms with Crippen molar-refractivity contribution in [2.45, 2.75) is 70.0 Å². The van der Waals surface area contributed by atoms with Crippen LogP contribution in [0.15, 0.2) is 0 Å². The first-order valence-corrected chi connectivity index (χ1v) is 8.26. The summed E-state index contributed by atoms with van der Waals surface area (Å²) in [4.78, 5) is 0. The maximum absolute atomic E-state index is 11.0. The van der Waals surface area contributed by atoms with E-state index in [1.54, 1.807) is 27.7 Å². The Bertz CT molecular complexity index is 549. The van der Waals surface area contributed by atoms with Crippen LogP contribution in [0.5, 0.6) is 0 Å². The molecule has 3 rings (SSSR count). The maximum atomic E-state index is 11.0. The number of hydrogen-bond donors (Lipinski definition) is 0. The molecule has 0 saturated carbocycles. The van der Waals surface area contributed by atoms with Gasteiger partial charge in [0.05, 0.1) is 6.61 Å². The van der Waals surface area contributed by atoms with Crippen molar-refractivity contribution in [2.75, 3.05) is 6.61 Å². The minimum atomic E-state index is -4.94. The number of hydrogen-bond acceptors (Lipinski definition) is 9. The quantitative estimate of drug-likeness (QED) is 0.292. The van der Waals surface area contributed by atoms with Crippen LogP contribution in [-0.4, -0.2) is 61.9 Å². The van der Waals surface area contributed by atoms with Gasteiger partial charge in [-0.15, -0.1) is 0 Å². The largest absolute Gasteiger partial charge is 1.00 e. The van der Waals surface area contributed by atoms with Crippen LogP contribution in [0, 0.1) is 0 Å². The van der Waals surface area contributed by atoms with Crippen molar-refractivity contribution in [3.8, 4) is 0 Å². The van der Waals surface area contributed by atoms with Crippen molar-refractivity contribution in [1.29, 1.82) is 0 Å². The van der Waals surface area contributed by atoms with Crippen molar-refractivity contribution in [1.82, 2.24) is 0 Å². The summed E-state index contributed by atoms with van der Waals surface area (Å²) in [5, 5.41) is 0. The van der Waals surface area contributed by atoms with Crippen molar-refractivity contribution >= 4 is 10.4 Å². The molecule has 0 aromatic carbocycles. The average Bonchev–Trinajstić information content (AvgIpc) is 2.89. The summed E-state index contributed by atoms with van der Waals surface area (Å²) in [6.07, 6.45) is -4.27. The van der Waals surface area contributed by atoms with E-state index in [1.807, 2.05) is 0 Å². The van der Waals surface area contributed by atoms with Crippen LogP contribution in [0.25, 0.3) is 0 Å². The normalized spacial score (nSPS) is 41.5. The molecule has 0 spiro atoms.